The summed E-state index contributed by atoms with van der Waals surface area (Å²) in [7, 11) is 1.73. The first-order valence-corrected chi connectivity index (χ1v) is 6.93. The van der Waals surface area contributed by atoms with Gasteiger partial charge in [-0.2, -0.15) is 10.1 Å². The number of aryl methyl sites for hydroxylation is 1. The van der Waals surface area contributed by atoms with Crippen LogP contribution in [0.5, 0.6) is 5.88 Å². The van der Waals surface area contributed by atoms with Gasteiger partial charge >= 0.3 is 0 Å². The van der Waals surface area contributed by atoms with Crippen molar-refractivity contribution >= 4 is 15.9 Å². The first kappa shape index (κ1) is 13.6. The van der Waals surface area contributed by atoms with E-state index in [2.05, 4.69) is 31.0 Å². The molecule has 7 heteroatoms. The van der Waals surface area contributed by atoms with Gasteiger partial charge in [0.05, 0.1) is 0 Å². The highest BCUT2D eigenvalue weighted by molar-refractivity contribution is 9.10. The van der Waals surface area contributed by atoms with Gasteiger partial charge in [0, 0.05) is 17.7 Å². The number of nitrogens with zero attached hydrogens (tertiary/aromatic N) is 3. The smallest absolute Gasteiger partial charge is 0.262 e. The van der Waals surface area contributed by atoms with Crippen molar-refractivity contribution in [2.45, 2.75) is 0 Å². The maximum absolute atomic E-state index is 12.3. The van der Waals surface area contributed by atoms with Crippen LogP contribution in [0.2, 0.25) is 0 Å². The maximum atomic E-state index is 12.3. The second kappa shape index (κ2) is 5.17. The number of aromatic nitrogens is 4. The molecule has 21 heavy (non-hydrogen) atoms. The summed E-state index contributed by atoms with van der Waals surface area (Å²) in [6.45, 7) is 0. The molecule has 0 spiro atoms. The van der Waals surface area contributed by atoms with Crippen molar-refractivity contribution < 1.29 is 5.11 Å². The van der Waals surface area contributed by atoms with Crippen molar-refractivity contribution in [3.05, 3.63) is 51.4 Å². The molecule has 0 bridgehead atoms. The summed E-state index contributed by atoms with van der Waals surface area (Å²) in [5.74, 6) is -0.0318. The van der Waals surface area contributed by atoms with Gasteiger partial charge in [0.1, 0.15) is 11.3 Å². The zero-order valence-corrected chi connectivity index (χ0v) is 12.6. The van der Waals surface area contributed by atoms with Crippen LogP contribution in [0, 0.1) is 0 Å². The Morgan fingerprint density at radius 3 is 2.52 bits per heavy atom. The fraction of sp³-hybridized carbons (Fsp3) is 0.0714. The Morgan fingerprint density at radius 1 is 1.24 bits per heavy atom. The number of benzene rings is 1. The first-order chi connectivity index (χ1) is 10.1. The minimum absolute atomic E-state index is 0.147. The lowest BCUT2D eigenvalue weighted by Gasteiger charge is -2.06. The maximum Gasteiger partial charge on any atom is 0.262 e. The summed E-state index contributed by atoms with van der Waals surface area (Å²) in [5, 5.41) is 14.1. The third-order valence-electron chi connectivity index (χ3n) is 3.10. The number of hydrogen-bond acceptors (Lipinski definition) is 4. The van der Waals surface area contributed by atoms with E-state index < -0.39 is 5.56 Å². The lowest BCUT2D eigenvalue weighted by Crippen LogP contribution is -2.13. The Bertz CT molecular complexity index is 852. The van der Waals surface area contributed by atoms with Crippen LogP contribution in [-0.4, -0.2) is 24.9 Å². The van der Waals surface area contributed by atoms with Crippen LogP contribution in [0.15, 0.2) is 45.8 Å². The van der Waals surface area contributed by atoms with Crippen LogP contribution in [0.25, 0.3) is 22.6 Å². The molecular weight excluding hydrogens is 336 g/mol. The molecule has 0 saturated heterocycles. The largest absolute Gasteiger partial charge is 0.493 e. The summed E-state index contributed by atoms with van der Waals surface area (Å²) in [6.07, 6.45) is 1.59. The van der Waals surface area contributed by atoms with Crippen LogP contribution >= 0.6 is 15.9 Å². The molecule has 6 nitrogen and oxygen atoms in total. The molecule has 3 rings (SSSR count). The van der Waals surface area contributed by atoms with Gasteiger partial charge in [-0.1, -0.05) is 28.1 Å². The molecular formula is C14H11BrN4O2. The van der Waals surface area contributed by atoms with Crippen LogP contribution in [0.1, 0.15) is 0 Å². The second-order valence-electron chi connectivity index (χ2n) is 4.46. The number of rotatable bonds is 2. The van der Waals surface area contributed by atoms with Gasteiger partial charge in [0.25, 0.3) is 5.56 Å². The molecule has 0 fully saturated rings. The monoisotopic (exact) mass is 346 g/mol. The normalized spacial score (nSPS) is 10.8. The van der Waals surface area contributed by atoms with Gasteiger partial charge in [-0.3, -0.25) is 9.48 Å². The molecule has 2 heterocycles. The van der Waals surface area contributed by atoms with Crippen molar-refractivity contribution in [1.82, 2.24) is 19.7 Å². The van der Waals surface area contributed by atoms with E-state index in [-0.39, 0.29) is 17.3 Å². The molecule has 2 aromatic heterocycles. The van der Waals surface area contributed by atoms with Crippen LogP contribution in [-0.2, 0) is 7.05 Å². The second-order valence-corrected chi connectivity index (χ2v) is 5.38. The van der Waals surface area contributed by atoms with E-state index in [0.717, 1.165) is 4.47 Å². The topological polar surface area (TPSA) is 83.8 Å². The van der Waals surface area contributed by atoms with E-state index >= 15 is 0 Å². The highest BCUT2D eigenvalue weighted by atomic mass is 79.9. The van der Waals surface area contributed by atoms with Crippen molar-refractivity contribution in [1.29, 1.82) is 0 Å². The highest BCUT2D eigenvalue weighted by Gasteiger charge is 2.15. The van der Waals surface area contributed by atoms with Gasteiger partial charge < -0.3 is 10.1 Å². The lowest BCUT2D eigenvalue weighted by atomic mass is 10.1. The number of aromatic hydroxyl groups is 1. The van der Waals surface area contributed by atoms with E-state index in [1.54, 1.807) is 48.3 Å². The van der Waals surface area contributed by atoms with Crippen molar-refractivity contribution in [3.63, 3.8) is 0 Å². The molecule has 0 amide bonds. The van der Waals surface area contributed by atoms with Gasteiger partial charge in [-0.05, 0) is 23.8 Å². The predicted octanol–water partition coefficient (Wildman–Crippen LogP) is 2.31. The molecule has 0 atom stereocenters. The van der Waals surface area contributed by atoms with Gasteiger partial charge in [0.15, 0.2) is 5.82 Å². The van der Waals surface area contributed by atoms with Crippen LogP contribution in [0.3, 0.4) is 0 Å². The average Bonchev–Trinajstić information content (AvgIpc) is 2.86. The summed E-state index contributed by atoms with van der Waals surface area (Å²) < 4.78 is 2.46. The van der Waals surface area contributed by atoms with E-state index in [4.69, 9.17) is 0 Å². The lowest BCUT2D eigenvalue weighted by molar-refractivity contribution is 0.454. The molecule has 1 aromatic carbocycles. The average molecular weight is 347 g/mol. The zero-order valence-electron chi connectivity index (χ0n) is 11.0. The van der Waals surface area contributed by atoms with E-state index in [1.807, 2.05) is 0 Å². The van der Waals surface area contributed by atoms with E-state index in [1.165, 1.54) is 0 Å². The minimum Gasteiger partial charge on any atom is -0.493 e. The molecule has 3 aromatic rings. The molecule has 0 aliphatic rings. The molecule has 0 radical (unpaired) electrons. The first-order valence-electron chi connectivity index (χ1n) is 6.14. The Labute approximate surface area is 128 Å². The molecule has 106 valence electrons. The third kappa shape index (κ3) is 2.47. The predicted molar refractivity (Wildman–Crippen MR) is 81.9 cm³/mol. The highest BCUT2D eigenvalue weighted by Crippen LogP contribution is 2.26. The van der Waals surface area contributed by atoms with Crippen LogP contribution in [0.4, 0.5) is 0 Å². The van der Waals surface area contributed by atoms with E-state index in [9.17, 15) is 9.90 Å². The number of hydrogen-bond donors (Lipinski definition) is 2. The SMILES string of the molecule is Cn1nccc1-c1nc(O)c(-c2ccc(Br)cc2)c(=O)[nH]1. The van der Waals surface area contributed by atoms with Crippen LogP contribution < -0.4 is 5.56 Å². The van der Waals surface area contributed by atoms with E-state index in [0.29, 0.717) is 11.3 Å². The number of aromatic amines is 1. The minimum atomic E-state index is -0.402. The summed E-state index contributed by atoms with van der Waals surface area (Å²) in [4.78, 5) is 19.0. The third-order valence-corrected chi connectivity index (χ3v) is 3.63. The molecule has 0 aliphatic heterocycles. The molecule has 0 aliphatic carbocycles. The summed E-state index contributed by atoms with van der Waals surface area (Å²) in [6, 6.07) is 8.77. The Kier molecular flexibility index (Phi) is 3.34. The van der Waals surface area contributed by atoms with Crippen molar-refractivity contribution in [3.8, 4) is 28.5 Å². The Balaban J connectivity index is 2.15. The quantitative estimate of drug-likeness (QED) is 0.745. The Hall–Kier alpha value is -2.41. The fourth-order valence-corrected chi connectivity index (χ4v) is 2.33. The molecule has 2 N–H and O–H groups in total. The Morgan fingerprint density at radius 2 is 1.95 bits per heavy atom. The number of H-pyrrole nitrogens is 1. The van der Waals surface area contributed by atoms with Crippen molar-refractivity contribution in [2.75, 3.05) is 0 Å². The number of halogens is 1. The van der Waals surface area contributed by atoms with Gasteiger partial charge in [0.2, 0.25) is 5.88 Å². The van der Waals surface area contributed by atoms with Crippen molar-refractivity contribution in [2.24, 2.45) is 7.05 Å². The van der Waals surface area contributed by atoms with Gasteiger partial charge in [-0.25, -0.2) is 0 Å². The molecule has 0 unspecified atom stereocenters. The zero-order chi connectivity index (χ0) is 15.0. The molecule has 0 saturated carbocycles. The fourth-order valence-electron chi connectivity index (χ4n) is 2.07. The summed E-state index contributed by atoms with van der Waals surface area (Å²) >= 11 is 3.33. The standard InChI is InChI=1S/C14H11BrN4O2/c1-19-10(6-7-16-19)12-17-13(20)11(14(21)18-12)8-2-4-9(15)5-3-8/h2-7H,1H3,(H2,17,18,20,21). The van der Waals surface area contributed by atoms with Gasteiger partial charge in [-0.15, -0.1) is 0 Å². The number of nitrogens with one attached hydrogen (secondary N) is 1. The summed E-state index contributed by atoms with van der Waals surface area (Å²) in [5.41, 5.74) is 0.959.